The highest BCUT2D eigenvalue weighted by Gasteiger charge is 2.44. The fourth-order valence-corrected chi connectivity index (χ4v) is 4.21. The van der Waals surface area contributed by atoms with Crippen molar-refractivity contribution < 1.29 is 22.8 Å². The first kappa shape index (κ1) is 17.4. The average molecular weight is 347 g/mol. The van der Waals surface area contributed by atoms with Gasteiger partial charge in [-0.2, -0.15) is 13.2 Å². The molecule has 0 radical (unpaired) electrons. The van der Waals surface area contributed by atoms with E-state index < -0.39 is 18.0 Å². The number of hydrogen-bond acceptors (Lipinski definition) is 2. The predicted molar refractivity (Wildman–Crippen MR) is 81.2 cm³/mol. The quantitative estimate of drug-likeness (QED) is 0.834. The Balaban J connectivity index is 1.61. The van der Waals surface area contributed by atoms with Crippen molar-refractivity contribution in [3.63, 3.8) is 0 Å². The van der Waals surface area contributed by atoms with Crippen LogP contribution in [0.15, 0.2) is 0 Å². The van der Waals surface area contributed by atoms with Gasteiger partial charge in [-0.1, -0.05) is 6.42 Å². The largest absolute Gasteiger partial charge is 0.391 e. The van der Waals surface area contributed by atoms with Crippen LogP contribution in [0.5, 0.6) is 0 Å². The van der Waals surface area contributed by atoms with E-state index in [9.17, 15) is 22.8 Å². The molecule has 0 aromatic heterocycles. The fraction of sp³-hybridized carbons (Fsp3) is 0.875. The molecule has 5 nitrogen and oxygen atoms in total. The molecule has 3 atom stereocenters. The molecule has 8 heteroatoms. The minimum absolute atomic E-state index is 0.0211. The maximum Gasteiger partial charge on any atom is 0.391 e. The number of nitrogens with zero attached hydrogens (tertiary/aromatic N) is 2. The number of piperidine rings is 1. The van der Waals surface area contributed by atoms with Crippen molar-refractivity contribution in [3.05, 3.63) is 0 Å². The summed E-state index contributed by atoms with van der Waals surface area (Å²) in [5.74, 6) is -2.05. The molecular formula is C16H24F3N3O2. The number of amides is 3. The summed E-state index contributed by atoms with van der Waals surface area (Å²) in [6.45, 7) is 2.27. The molecule has 0 aromatic rings. The Morgan fingerprint density at radius 1 is 1.12 bits per heavy atom. The molecular weight excluding hydrogens is 323 g/mol. The highest BCUT2D eigenvalue weighted by Crippen LogP contribution is 2.40. The maximum absolute atomic E-state index is 13.0. The van der Waals surface area contributed by atoms with E-state index in [0.29, 0.717) is 39.0 Å². The molecule has 2 heterocycles. The molecule has 24 heavy (non-hydrogen) atoms. The van der Waals surface area contributed by atoms with Crippen molar-refractivity contribution in [2.24, 2.45) is 11.8 Å². The van der Waals surface area contributed by atoms with Gasteiger partial charge in [-0.25, -0.2) is 4.79 Å². The second-order valence-electron chi connectivity index (χ2n) is 7.11. The zero-order valence-corrected chi connectivity index (χ0v) is 13.6. The summed E-state index contributed by atoms with van der Waals surface area (Å²) in [6.07, 6.45) is -1.56. The third-order valence-corrected chi connectivity index (χ3v) is 5.53. The topological polar surface area (TPSA) is 52.7 Å². The van der Waals surface area contributed by atoms with Gasteiger partial charge in [-0.05, 0) is 32.1 Å². The summed E-state index contributed by atoms with van der Waals surface area (Å²) in [5.41, 5.74) is 0. The average Bonchev–Trinajstić information content (AvgIpc) is 3.00. The van der Waals surface area contributed by atoms with Crippen LogP contribution in [0.1, 0.15) is 38.5 Å². The van der Waals surface area contributed by atoms with Crippen molar-refractivity contribution in [1.82, 2.24) is 15.1 Å². The van der Waals surface area contributed by atoms with Crippen LogP contribution >= 0.6 is 0 Å². The number of nitrogens with one attached hydrogen (secondary N) is 1. The Hall–Kier alpha value is -1.47. The van der Waals surface area contributed by atoms with E-state index >= 15 is 0 Å². The third-order valence-electron chi connectivity index (χ3n) is 5.53. The summed E-state index contributed by atoms with van der Waals surface area (Å²) in [7, 11) is 0. The molecule has 0 aromatic carbocycles. The van der Waals surface area contributed by atoms with E-state index in [4.69, 9.17) is 0 Å². The van der Waals surface area contributed by atoms with Crippen molar-refractivity contribution in [2.75, 3.05) is 26.2 Å². The van der Waals surface area contributed by atoms with E-state index in [1.165, 1.54) is 0 Å². The van der Waals surface area contributed by atoms with Crippen LogP contribution < -0.4 is 5.32 Å². The fourth-order valence-electron chi connectivity index (χ4n) is 4.21. The number of halogens is 3. The molecule has 1 N–H and O–H groups in total. The smallest absolute Gasteiger partial charge is 0.340 e. The van der Waals surface area contributed by atoms with Crippen molar-refractivity contribution in [2.45, 2.75) is 50.7 Å². The first-order chi connectivity index (χ1) is 11.4. The van der Waals surface area contributed by atoms with E-state index in [2.05, 4.69) is 5.32 Å². The van der Waals surface area contributed by atoms with Crippen molar-refractivity contribution in [1.29, 1.82) is 0 Å². The van der Waals surface area contributed by atoms with Crippen LogP contribution in [0.2, 0.25) is 0 Å². The Morgan fingerprint density at radius 2 is 1.92 bits per heavy atom. The summed E-state index contributed by atoms with van der Waals surface area (Å²) >= 11 is 0. The second-order valence-corrected chi connectivity index (χ2v) is 7.11. The van der Waals surface area contributed by atoms with E-state index in [0.717, 1.165) is 12.8 Å². The highest BCUT2D eigenvalue weighted by atomic mass is 19.4. The first-order valence-electron chi connectivity index (χ1n) is 8.76. The number of carbonyl (C=O) groups is 2. The van der Waals surface area contributed by atoms with Crippen LogP contribution in [0.3, 0.4) is 0 Å². The van der Waals surface area contributed by atoms with Crippen LogP contribution in [0, 0.1) is 11.8 Å². The van der Waals surface area contributed by atoms with E-state index in [1.807, 2.05) is 0 Å². The number of rotatable bonds is 2. The van der Waals surface area contributed by atoms with Gasteiger partial charge in [0.05, 0.1) is 12.0 Å². The standard InChI is InChI=1S/C16H24F3N3O2/c17-16(18,19)12-4-1-3-11(9-12)14(23)21-7-2-5-13(10-21)22-8-6-20-15(22)24/h11-13H,1-10H2,(H,20,24). The molecule has 3 fully saturated rings. The molecule has 2 saturated heterocycles. The Labute approximate surface area is 139 Å². The molecule has 3 amide bonds. The molecule has 1 aliphatic carbocycles. The van der Waals surface area contributed by atoms with Gasteiger partial charge in [-0.15, -0.1) is 0 Å². The maximum atomic E-state index is 13.0. The van der Waals surface area contributed by atoms with Gasteiger partial charge in [0.2, 0.25) is 5.91 Å². The van der Waals surface area contributed by atoms with E-state index in [-0.39, 0.29) is 30.8 Å². The highest BCUT2D eigenvalue weighted by molar-refractivity contribution is 5.80. The lowest BCUT2D eigenvalue weighted by Crippen LogP contribution is -2.52. The van der Waals surface area contributed by atoms with Crippen molar-refractivity contribution >= 4 is 11.9 Å². The molecule has 2 aliphatic heterocycles. The van der Waals surface area contributed by atoms with Gasteiger partial charge in [0, 0.05) is 32.1 Å². The number of carbonyl (C=O) groups excluding carboxylic acids is 2. The van der Waals surface area contributed by atoms with Gasteiger partial charge in [0.15, 0.2) is 0 Å². The van der Waals surface area contributed by atoms with Crippen LogP contribution in [0.25, 0.3) is 0 Å². The predicted octanol–water partition coefficient (Wildman–Crippen LogP) is 2.37. The molecule has 0 spiro atoms. The van der Waals surface area contributed by atoms with Gasteiger partial charge in [0.25, 0.3) is 0 Å². The normalized spacial score (nSPS) is 32.0. The molecule has 136 valence electrons. The zero-order valence-electron chi connectivity index (χ0n) is 13.6. The lowest BCUT2D eigenvalue weighted by Gasteiger charge is -2.39. The van der Waals surface area contributed by atoms with Crippen LogP contribution in [-0.4, -0.2) is 60.1 Å². The second kappa shape index (κ2) is 6.80. The summed E-state index contributed by atoms with van der Waals surface area (Å²) in [5, 5.41) is 2.76. The van der Waals surface area contributed by atoms with Crippen LogP contribution in [0.4, 0.5) is 18.0 Å². The lowest BCUT2D eigenvalue weighted by molar-refractivity contribution is -0.187. The summed E-state index contributed by atoms with van der Waals surface area (Å²) in [4.78, 5) is 27.9. The van der Waals surface area contributed by atoms with E-state index in [1.54, 1.807) is 9.80 Å². The van der Waals surface area contributed by atoms with Gasteiger partial charge < -0.3 is 15.1 Å². The number of likely N-dealkylation sites (tertiary alicyclic amines) is 1. The van der Waals surface area contributed by atoms with Gasteiger partial charge in [0.1, 0.15) is 0 Å². The summed E-state index contributed by atoms with van der Waals surface area (Å²) in [6, 6.07) is -0.128. The summed E-state index contributed by atoms with van der Waals surface area (Å²) < 4.78 is 38.9. The minimum Gasteiger partial charge on any atom is -0.340 e. The lowest BCUT2D eigenvalue weighted by atomic mass is 9.80. The molecule has 0 bridgehead atoms. The SMILES string of the molecule is O=C(C1CCCC(C(F)(F)F)C1)N1CCCC(N2CCNC2=O)C1. The minimum atomic E-state index is -4.21. The zero-order chi connectivity index (χ0) is 17.3. The van der Waals surface area contributed by atoms with Crippen molar-refractivity contribution in [3.8, 4) is 0 Å². The Kier molecular flexibility index (Phi) is 4.92. The number of hydrogen-bond donors (Lipinski definition) is 1. The Morgan fingerprint density at radius 3 is 2.58 bits per heavy atom. The number of urea groups is 1. The molecule has 1 saturated carbocycles. The van der Waals surface area contributed by atoms with Crippen LogP contribution in [-0.2, 0) is 4.79 Å². The monoisotopic (exact) mass is 347 g/mol. The molecule has 3 rings (SSSR count). The molecule has 3 aliphatic rings. The third kappa shape index (κ3) is 3.62. The van der Waals surface area contributed by atoms with Gasteiger partial charge in [-0.3, -0.25) is 4.79 Å². The first-order valence-corrected chi connectivity index (χ1v) is 8.76. The number of alkyl halides is 3. The Bertz CT molecular complexity index is 497. The molecule has 3 unspecified atom stereocenters. The van der Waals surface area contributed by atoms with Gasteiger partial charge >= 0.3 is 12.2 Å².